The van der Waals surface area contributed by atoms with E-state index >= 15 is 0 Å². The van der Waals surface area contributed by atoms with E-state index in [0.29, 0.717) is 19.0 Å². The molecule has 0 radical (unpaired) electrons. The number of hydrogen-bond acceptors (Lipinski definition) is 3. The van der Waals surface area contributed by atoms with Gasteiger partial charge in [0.15, 0.2) is 5.96 Å². The van der Waals surface area contributed by atoms with Gasteiger partial charge in [-0.3, -0.25) is 4.99 Å². The number of rotatable bonds is 8. The number of nitrogens with two attached hydrogens (primary N) is 1. The highest BCUT2D eigenvalue weighted by atomic mass is 32.2. The lowest BCUT2D eigenvalue weighted by molar-refractivity contribution is 0.598. The third-order valence-corrected chi connectivity index (χ3v) is 5.40. The molecule has 0 fully saturated rings. The minimum absolute atomic E-state index is 0.129. The van der Waals surface area contributed by atoms with Crippen molar-refractivity contribution >= 4 is 16.0 Å². The van der Waals surface area contributed by atoms with Crippen molar-refractivity contribution in [2.75, 3.05) is 19.6 Å². The van der Waals surface area contributed by atoms with Crippen molar-refractivity contribution in [3.05, 3.63) is 65.2 Å². The van der Waals surface area contributed by atoms with Gasteiger partial charge >= 0.3 is 0 Å². The van der Waals surface area contributed by atoms with E-state index < -0.39 is 10.0 Å². The second kappa shape index (κ2) is 10.2. The Balaban J connectivity index is 1.89. The van der Waals surface area contributed by atoms with E-state index in [4.69, 9.17) is 5.14 Å². The first-order chi connectivity index (χ1) is 13.3. The number of sulfonamides is 1. The van der Waals surface area contributed by atoms with Crippen LogP contribution < -0.4 is 15.8 Å². The van der Waals surface area contributed by atoms with Crippen LogP contribution in [0.1, 0.15) is 36.5 Å². The molecule has 0 bridgehead atoms. The summed E-state index contributed by atoms with van der Waals surface area (Å²) in [7, 11) is -3.65. The van der Waals surface area contributed by atoms with E-state index in [1.165, 1.54) is 23.3 Å². The van der Waals surface area contributed by atoms with Gasteiger partial charge in [0.2, 0.25) is 10.0 Å². The lowest BCUT2D eigenvalue weighted by Crippen LogP contribution is -2.38. The molecule has 0 saturated carbocycles. The molecule has 1 unspecified atom stereocenters. The summed E-state index contributed by atoms with van der Waals surface area (Å²) in [5, 5.41) is 11.7. The van der Waals surface area contributed by atoms with Gasteiger partial charge in [0.1, 0.15) is 0 Å². The maximum atomic E-state index is 11.3. The third-order valence-electron chi connectivity index (χ3n) is 4.47. The molecule has 0 aliphatic rings. The highest BCUT2D eigenvalue weighted by Crippen LogP contribution is 2.16. The van der Waals surface area contributed by atoms with Crippen LogP contribution in [0.25, 0.3) is 0 Å². The summed E-state index contributed by atoms with van der Waals surface area (Å²) in [4.78, 5) is 4.82. The molecule has 6 nitrogen and oxygen atoms in total. The second-order valence-corrected chi connectivity index (χ2v) is 8.46. The number of guanidine groups is 1. The van der Waals surface area contributed by atoms with Crippen LogP contribution in [0.3, 0.4) is 0 Å². The number of aryl methyl sites for hydroxylation is 1. The van der Waals surface area contributed by atoms with Crippen molar-refractivity contribution in [2.45, 2.75) is 38.0 Å². The first-order valence-electron chi connectivity index (χ1n) is 9.50. The Morgan fingerprint density at radius 1 is 1.07 bits per heavy atom. The standard InChI is InChI=1S/C21H30N4O2S/c1-4-23-21(25-15-17(3)19-9-5-16(2)6-10-19)24-14-13-18-7-11-20(12-8-18)28(22,26)27/h5-12,17H,4,13-15H2,1-3H3,(H2,22,26,27)(H2,23,24,25). The van der Waals surface area contributed by atoms with E-state index in [9.17, 15) is 8.42 Å². The fourth-order valence-electron chi connectivity index (χ4n) is 2.74. The first-order valence-corrected chi connectivity index (χ1v) is 11.0. The Bertz CT molecular complexity index is 876. The summed E-state index contributed by atoms with van der Waals surface area (Å²) in [5.41, 5.74) is 3.57. The molecule has 0 amide bonds. The monoisotopic (exact) mass is 402 g/mol. The van der Waals surface area contributed by atoms with Crippen LogP contribution in [0, 0.1) is 6.92 Å². The van der Waals surface area contributed by atoms with Gasteiger partial charge in [-0.1, -0.05) is 48.9 Å². The summed E-state index contributed by atoms with van der Waals surface area (Å²) in [6, 6.07) is 15.2. The van der Waals surface area contributed by atoms with Crippen LogP contribution in [-0.2, 0) is 16.4 Å². The van der Waals surface area contributed by atoms with Crippen LogP contribution in [-0.4, -0.2) is 34.0 Å². The molecule has 0 saturated heterocycles. The average Bonchev–Trinajstić information content (AvgIpc) is 2.66. The van der Waals surface area contributed by atoms with E-state index in [2.05, 4.69) is 53.7 Å². The summed E-state index contributed by atoms with van der Waals surface area (Å²) < 4.78 is 22.6. The molecule has 0 aliphatic carbocycles. The number of nitrogens with one attached hydrogen (secondary N) is 2. The van der Waals surface area contributed by atoms with Crippen molar-refractivity contribution in [3.8, 4) is 0 Å². The molecule has 28 heavy (non-hydrogen) atoms. The van der Waals surface area contributed by atoms with Gasteiger partial charge in [-0.15, -0.1) is 0 Å². The summed E-state index contributed by atoms with van der Waals surface area (Å²) in [6.45, 7) is 8.47. The Kier molecular flexibility index (Phi) is 8.02. The minimum atomic E-state index is -3.65. The van der Waals surface area contributed by atoms with Crippen LogP contribution >= 0.6 is 0 Å². The SMILES string of the molecule is CCNC(=NCC(C)c1ccc(C)cc1)NCCc1ccc(S(N)(=O)=O)cc1. The fourth-order valence-corrected chi connectivity index (χ4v) is 3.26. The lowest BCUT2D eigenvalue weighted by Gasteiger charge is -2.14. The Morgan fingerprint density at radius 3 is 2.29 bits per heavy atom. The van der Waals surface area contributed by atoms with E-state index in [0.717, 1.165) is 24.5 Å². The first kappa shape index (κ1) is 21.9. The predicted molar refractivity (Wildman–Crippen MR) is 115 cm³/mol. The predicted octanol–water partition coefficient (Wildman–Crippen LogP) is 2.54. The number of nitrogens with zero attached hydrogens (tertiary/aromatic N) is 1. The highest BCUT2D eigenvalue weighted by Gasteiger charge is 2.07. The molecule has 2 aromatic rings. The van der Waals surface area contributed by atoms with Crippen molar-refractivity contribution in [1.82, 2.24) is 10.6 Å². The number of aliphatic imine (C=N–C) groups is 1. The molecular weight excluding hydrogens is 372 g/mol. The maximum Gasteiger partial charge on any atom is 0.238 e. The van der Waals surface area contributed by atoms with Crippen molar-refractivity contribution in [2.24, 2.45) is 10.1 Å². The van der Waals surface area contributed by atoms with Crippen molar-refractivity contribution in [1.29, 1.82) is 0 Å². The van der Waals surface area contributed by atoms with Gasteiger partial charge in [-0.25, -0.2) is 13.6 Å². The zero-order valence-corrected chi connectivity index (χ0v) is 17.6. The Hall–Kier alpha value is -2.38. The number of primary sulfonamides is 1. The van der Waals surface area contributed by atoms with Crippen LogP contribution in [0.5, 0.6) is 0 Å². The molecule has 0 aliphatic heterocycles. The molecule has 0 aromatic heterocycles. The number of benzene rings is 2. The average molecular weight is 403 g/mol. The molecule has 0 heterocycles. The van der Waals surface area contributed by atoms with E-state index in [1.54, 1.807) is 12.1 Å². The smallest absolute Gasteiger partial charge is 0.238 e. The van der Waals surface area contributed by atoms with Crippen LogP contribution in [0.15, 0.2) is 58.4 Å². The zero-order chi connectivity index (χ0) is 20.6. The molecule has 152 valence electrons. The topological polar surface area (TPSA) is 96.6 Å². The maximum absolute atomic E-state index is 11.3. The lowest BCUT2D eigenvalue weighted by atomic mass is 10.0. The van der Waals surface area contributed by atoms with E-state index in [1.807, 2.05) is 6.92 Å². The van der Waals surface area contributed by atoms with Crippen LogP contribution in [0.2, 0.25) is 0 Å². The zero-order valence-electron chi connectivity index (χ0n) is 16.8. The second-order valence-electron chi connectivity index (χ2n) is 6.90. The van der Waals surface area contributed by atoms with Gasteiger partial charge in [0.25, 0.3) is 0 Å². The van der Waals surface area contributed by atoms with Gasteiger partial charge in [-0.05, 0) is 43.5 Å². The number of hydrogen-bond donors (Lipinski definition) is 3. The van der Waals surface area contributed by atoms with E-state index in [-0.39, 0.29) is 4.90 Å². The molecule has 0 spiro atoms. The van der Waals surface area contributed by atoms with Crippen molar-refractivity contribution in [3.63, 3.8) is 0 Å². The van der Waals surface area contributed by atoms with Gasteiger partial charge in [0.05, 0.1) is 4.90 Å². The van der Waals surface area contributed by atoms with Gasteiger partial charge in [-0.2, -0.15) is 0 Å². The van der Waals surface area contributed by atoms with Gasteiger partial charge in [0, 0.05) is 25.6 Å². The van der Waals surface area contributed by atoms with Gasteiger partial charge < -0.3 is 10.6 Å². The highest BCUT2D eigenvalue weighted by molar-refractivity contribution is 7.89. The minimum Gasteiger partial charge on any atom is -0.357 e. The normalized spacial score (nSPS) is 13.2. The fraction of sp³-hybridized carbons (Fsp3) is 0.381. The molecule has 1 atom stereocenters. The molecule has 4 N–H and O–H groups in total. The quantitative estimate of drug-likeness (QED) is 0.467. The summed E-state index contributed by atoms with van der Waals surface area (Å²) in [6.07, 6.45) is 0.753. The molecule has 2 aromatic carbocycles. The Morgan fingerprint density at radius 2 is 1.71 bits per heavy atom. The third kappa shape index (κ3) is 6.98. The summed E-state index contributed by atoms with van der Waals surface area (Å²) >= 11 is 0. The van der Waals surface area contributed by atoms with Crippen LogP contribution in [0.4, 0.5) is 0 Å². The summed E-state index contributed by atoms with van der Waals surface area (Å²) in [5.74, 6) is 1.12. The molecule has 2 rings (SSSR count). The largest absolute Gasteiger partial charge is 0.357 e. The molecule has 7 heteroatoms. The molecular formula is C21H30N4O2S. The van der Waals surface area contributed by atoms with Crippen molar-refractivity contribution < 1.29 is 8.42 Å². The Labute approximate surface area is 168 Å².